The molecule has 0 spiro atoms. The van der Waals surface area contributed by atoms with Gasteiger partial charge < -0.3 is 21.5 Å². The van der Waals surface area contributed by atoms with Gasteiger partial charge in [0.15, 0.2) is 0 Å². The molecule has 1 heterocycles. The molecule has 0 unspecified atom stereocenters. The van der Waals surface area contributed by atoms with Crippen LogP contribution in [0.5, 0.6) is 0 Å². The SMILES string of the molecule is C[C@]1(O)CCC[C@@H](Nc2nc(NC34CC(C3)C4)ncc2C(N)=O)C1. The molecule has 4 aliphatic carbocycles. The monoisotopic (exact) mass is 331 g/mol. The number of primary amides is 1. The van der Waals surface area contributed by atoms with E-state index in [-0.39, 0.29) is 11.6 Å². The number of carbonyl (C=O) groups excluding carboxylic acids is 1. The maximum atomic E-state index is 11.7. The van der Waals surface area contributed by atoms with Crippen molar-refractivity contribution in [1.29, 1.82) is 0 Å². The first-order valence-corrected chi connectivity index (χ1v) is 8.78. The van der Waals surface area contributed by atoms with Crippen molar-refractivity contribution in [2.24, 2.45) is 11.7 Å². The topological polar surface area (TPSA) is 113 Å². The number of hydrogen-bond donors (Lipinski definition) is 4. The molecule has 4 saturated carbocycles. The van der Waals surface area contributed by atoms with Gasteiger partial charge in [0.1, 0.15) is 5.82 Å². The third-order valence-corrected chi connectivity index (χ3v) is 5.76. The van der Waals surface area contributed by atoms with Crippen molar-refractivity contribution in [3.05, 3.63) is 11.8 Å². The van der Waals surface area contributed by atoms with E-state index in [1.807, 2.05) is 6.92 Å². The lowest BCUT2D eigenvalue weighted by Crippen LogP contribution is -2.63. The maximum absolute atomic E-state index is 11.7. The van der Waals surface area contributed by atoms with Crippen molar-refractivity contribution in [3.8, 4) is 0 Å². The summed E-state index contributed by atoms with van der Waals surface area (Å²) in [6.07, 6.45) is 8.35. The fraction of sp³-hybridized carbons (Fsp3) is 0.706. The molecule has 0 aromatic carbocycles. The van der Waals surface area contributed by atoms with Crippen LogP contribution in [0.1, 0.15) is 62.2 Å². The van der Waals surface area contributed by atoms with Crippen LogP contribution in [0.25, 0.3) is 0 Å². The first-order chi connectivity index (χ1) is 11.3. The molecule has 0 aliphatic heterocycles. The zero-order chi connectivity index (χ0) is 16.9. The molecule has 4 fully saturated rings. The molecule has 1 aromatic heterocycles. The van der Waals surface area contributed by atoms with E-state index in [2.05, 4.69) is 20.6 Å². The summed E-state index contributed by atoms with van der Waals surface area (Å²) in [7, 11) is 0. The zero-order valence-corrected chi connectivity index (χ0v) is 14.0. The molecule has 5 N–H and O–H groups in total. The highest BCUT2D eigenvalue weighted by Crippen LogP contribution is 2.58. The number of nitrogens with two attached hydrogens (primary N) is 1. The molecule has 5 rings (SSSR count). The minimum absolute atomic E-state index is 0.0737. The Morgan fingerprint density at radius 1 is 1.38 bits per heavy atom. The number of amides is 1. The van der Waals surface area contributed by atoms with Crippen LogP contribution in [0.2, 0.25) is 0 Å². The Bertz CT molecular complexity index is 658. The number of aliphatic hydroxyl groups is 1. The van der Waals surface area contributed by atoms with E-state index in [9.17, 15) is 9.90 Å². The summed E-state index contributed by atoms with van der Waals surface area (Å²) in [5.74, 6) is 1.33. The molecule has 1 aromatic rings. The van der Waals surface area contributed by atoms with Crippen LogP contribution < -0.4 is 16.4 Å². The molecule has 2 bridgehead atoms. The van der Waals surface area contributed by atoms with Gasteiger partial charge in [-0.25, -0.2) is 4.98 Å². The summed E-state index contributed by atoms with van der Waals surface area (Å²) >= 11 is 0. The van der Waals surface area contributed by atoms with Gasteiger partial charge in [0.25, 0.3) is 5.91 Å². The molecule has 0 saturated heterocycles. The van der Waals surface area contributed by atoms with Crippen LogP contribution in [0.4, 0.5) is 11.8 Å². The van der Waals surface area contributed by atoms with Gasteiger partial charge in [-0.05, 0) is 57.8 Å². The predicted octanol–water partition coefficient (Wildman–Crippen LogP) is 1.65. The first-order valence-electron chi connectivity index (χ1n) is 8.78. The van der Waals surface area contributed by atoms with Gasteiger partial charge in [-0.3, -0.25) is 4.79 Å². The molecule has 7 heteroatoms. The lowest BCUT2D eigenvalue weighted by Gasteiger charge is -2.61. The van der Waals surface area contributed by atoms with E-state index in [4.69, 9.17) is 5.73 Å². The predicted molar refractivity (Wildman–Crippen MR) is 90.7 cm³/mol. The summed E-state index contributed by atoms with van der Waals surface area (Å²) < 4.78 is 0. The van der Waals surface area contributed by atoms with Crippen LogP contribution >= 0.6 is 0 Å². The highest BCUT2D eigenvalue weighted by Gasteiger charge is 2.57. The van der Waals surface area contributed by atoms with Crippen molar-refractivity contribution >= 4 is 17.7 Å². The lowest BCUT2D eigenvalue weighted by molar-refractivity contribution is 0.00147. The van der Waals surface area contributed by atoms with Crippen LogP contribution in [-0.4, -0.2) is 38.2 Å². The van der Waals surface area contributed by atoms with Gasteiger partial charge in [-0.15, -0.1) is 0 Å². The second-order valence-corrected chi connectivity index (χ2v) is 8.14. The molecule has 1 amide bonds. The van der Waals surface area contributed by atoms with Gasteiger partial charge in [-0.1, -0.05) is 0 Å². The van der Waals surface area contributed by atoms with Crippen LogP contribution in [0, 0.1) is 5.92 Å². The number of aromatic nitrogens is 2. The van der Waals surface area contributed by atoms with E-state index >= 15 is 0 Å². The van der Waals surface area contributed by atoms with E-state index in [1.54, 1.807) is 0 Å². The third-order valence-electron chi connectivity index (χ3n) is 5.76. The molecule has 130 valence electrons. The fourth-order valence-electron chi connectivity index (χ4n) is 4.38. The summed E-state index contributed by atoms with van der Waals surface area (Å²) in [5.41, 5.74) is 5.26. The zero-order valence-electron chi connectivity index (χ0n) is 14.0. The van der Waals surface area contributed by atoms with Gasteiger partial charge in [0, 0.05) is 17.8 Å². The standard InChI is InChI=1S/C17H25N5O2/c1-16(24)4-2-3-11(8-16)20-14-12(13(18)23)9-19-15(21-14)22-17-5-10(6-17)7-17/h9-11,24H,2-8H2,1H3,(H2,18,23)(H2,19,20,21,22)/t10?,11-,16+,17?/m1/s1. The average molecular weight is 331 g/mol. The lowest BCUT2D eigenvalue weighted by atomic mass is 9.50. The van der Waals surface area contributed by atoms with Crippen LogP contribution in [-0.2, 0) is 0 Å². The third kappa shape index (κ3) is 2.81. The number of rotatable bonds is 5. The normalized spacial score (nSPS) is 37.1. The summed E-state index contributed by atoms with van der Waals surface area (Å²) in [6, 6.07) is 0.0737. The summed E-state index contributed by atoms with van der Waals surface area (Å²) in [5, 5.41) is 17.0. The second kappa shape index (κ2) is 5.31. The first kappa shape index (κ1) is 15.6. The van der Waals surface area contributed by atoms with Crippen molar-refractivity contribution in [2.75, 3.05) is 10.6 Å². The van der Waals surface area contributed by atoms with Crippen molar-refractivity contribution < 1.29 is 9.90 Å². The van der Waals surface area contributed by atoms with E-state index < -0.39 is 11.5 Å². The van der Waals surface area contributed by atoms with Gasteiger partial charge in [0.05, 0.1) is 11.2 Å². The fourth-order valence-corrected chi connectivity index (χ4v) is 4.38. The van der Waals surface area contributed by atoms with Crippen LogP contribution in [0.3, 0.4) is 0 Å². The number of nitrogens with zero attached hydrogens (tertiary/aromatic N) is 2. The molecule has 2 atom stereocenters. The molecule has 7 nitrogen and oxygen atoms in total. The van der Waals surface area contributed by atoms with E-state index in [0.717, 1.165) is 25.2 Å². The number of carbonyl (C=O) groups is 1. The van der Waals surface area contributed by atoms with E-state index in [0.29, 0.717) is 23.8 Å². The van der Waals surface area contributed by atoms with Gasteiger partial charge in [-0.2, -0.15) is 4.98 Å². The number of hydrogen-bond acceptors (Lipinski definition) is 6. The summed E-state index contributed by atoms with van der Waals surface area (Å²) in [6.45, 7) is 1.85. The highest BCUT2D eigenvalue weighted by atomic mass is 16.3. The molecular formula is C17H25N5O2. The van der Waals surface area contributed by atoms with Crippen LogP contribution in [0.15, 0.2) is 6.20 Å². The van der Waals surface area contributed by atoms with Gasteiger partial charge >= 0.3 is 0 Å². The smallest absolute Gasteiger partial charge is 0.254 e. The molecule has 4 aliphatic rings. The largest absolute Gasteiger partial charge is 0.390 e. The minimum atomic E-state index is -0.678. The Morgan fingerprint density at radius 3 is 2.71 bits per heavy atom. The molecular weight excluding hydrogens is 306 g/mol. The Morgan fingerprint density at radius 2 is 2.12 bits per heavy atom. The average Bonchev–Trinajstić information content (AvgIpc) is 2.40. The van der Waals surface area contributed by atoms with Crippen molar-refractivity contribution in [3.63, 3.8) is 0 Å². The molecule has 0 radical (unpaired) electrons. The number of nitrogens with one attached hydrogen (secondary N) is 2. The number of anilines is 2. The van der Waals surface area contributed by atoms with Crippen molar-refractivity contribution in [2.45, 2.75) is 69.1 Å². The van der Waals surface area contributed by atoms with Crippen molar-refractivity contribution in [1.82, 2.24) is 9.97 Å². The Balaban J connectivity index is 1.53. The Kier molecular flexibility index (Phi) is 3.46. The molecule has 24 heavy (non-hydrogen) atoms. The minimum Gasteiger partial charge on any atom is -0.390 e. The highest BCUT2D eigenvalue weighted by molar-refractivity contribution is 5.97. The quantitative estimate of drug-likeness (QED) is 0.652. The maximum Gasteiger partial charge on any atom is 0.254 e. The van der Waals surface area contributed by atoms with Gasteiger partial charge in [0.2, 0.25) is 5.95 Å². The second-order valence-electron chi connectivity index (χ2n) is 8.14. The summed E-state index contributed by atoms with van der Waals surface area (Å²) in [4.78, 5) is 20.5. The van der Waals surface area contributed by atoms with E-state index in [1.165, 1.54) is 25.5 Å². The Labute approximate surface area is 141 Å². The Hall–Kier alpha value is -1.89.